The zero-order valence-corrected chi connectivity index (χ0v) is 12.8. The molecule has 1 fully saturated rings. The van der Waals surface area contributed by atoms with Gasteiger partial charge in [-0.25, -0.2) is 0 Å². The molecule has 112 valence electrons. The molecule has 2 N–H and O–H groups in total. The summed E-state index contributed by atoms with van der Waals surface area (Å²) in [4.78, 5) is 12.1. The van der Waals surface area contributed by atoms with Gasteiger partial charge in [0.2, 0.25) is 5.91 Å². The number of anilines is 1. The minimum absolute atomic E-state index is 0.112. The van der Waals surface area contributed by atoms with Gasteiger partial charge in [-0.3, -0.25) is 4.79 Å². The highest BCUT2D eigenvalue weighted by Gasteiger charge is 2.33. The van der Waals surface area contributed by atoms with Gasteiger partial charge in [-0.05, 0) is 43.9 Å². The summed E-state index contributed by atoms with van der Waals surface area (Å²) in [7, 11) is 0. The number of carbonyl (C=O) groups is 1. The van der Waals surface area contributed by atoms with Gasteiger partial charge in [-0.15, -0.1) is 0 Å². The highest BCUT2D eigenvalue weighted by atomic mass is 16.2. The molecule has 0 bridgehead atoms. The number of nitriles is 1. The van der Waals surface area contributed by atoms with Crippen LogP contribution in [0.25, 0.3) is 0 Å². The van der Waals surface area contributed by atoms with Gasteiger partial charge in [0.05, 0.1) is 12.6 Å². The molecule has 0 aliphatic heterocycles. The van der Waals surface area contributed by atoms with Gasteiger partial charge in [-0.1, -0.05) is 31.4 Å². The molecule has 4 heteroatoms. The lowest BCUT2D eigenvalue weighted by atomic mass is 9.83. The monoisotopic (exact) mass is 285 g/mol. The number of carbonyl (C=O) groups excluding carboxylic acids is 1. The largest absolute Gasteiger partial charge is 0.376 e. The lowest BCUT2D eigenvalue weighted by Gasteiger charge is -2.31. The van der Waals surface area contributed by atoms with Gasteiger partial charge < -0.3 is 10.6 Å². The van der Waals surface area contributed by atoms with Crippen LogP contribution in [0.2, 0.25) is 0 Å². The summed E-state index contributed by atoms with van der Waals surface area (Å²) in [5.74, 6) is -0.112. The summed E-state index contributed by atoms with van der Waals surface area (Å²) in [5, 5.41) is 15.5. The van der Waals surface area contributed by atoms with Gasteiger partial charge in [0.1, 0.15) is 5.54 Å². The molecule has 1 amide bonds. The summed E-state index contributed by atoms with van der Waals surface area (Å²) < 4.78 is 0. The Morgan fingerprint density at radius 2 is 2.00 bits per heavy atom. The van der Waals surface area contributed by atoms with Crippen molar-refractivity contribution < 1.29 is 4.79 Å². The van der Waals surface area contributed by atoms with Crippen molar-refractivity contribution in [2.24, 2.45) is 0 Å². The number of hydrogen-bond acceptors (Lipinski definition) is 3. The number of amides is 1. The first-order chi connectivity index (χ1) is 10.1. The molecule has 0 spiro atoms. The summed E-state index contributed by atoms with van der Waals surface area (Å²) in [6.07, 6.45) is 4.70. The number of benzene rings is 1. The van der Waals surface area contributed by atoms with E-state index in [1.807, 2.05) is 32.0 Å². The predicted octanol–water partition coefficient (Wildman–Crippen LogP) is 3.06. The second-order valence-electron chi connectivity index (χ2n) is 5.90. The molecule has 0 saturated heterocycles. The van der Waals surface area contributed by atoms with Gasteiger partial charge in [0.15, 0.2) is 0 Å². The molecule has 0 heterocycles. The first kappa shape index (κ1) is 15.4. The first-order valence-corrected chi connectivity index (χ1v) is 7.59. The SMILES string of the molecule is Cc1cccc(NCC(=O)NC2(C#N)CCCCC2)c1C. The van der Waals surface area contributed by atoms with Crippen LogP contribution in [0.3, 0.4) is 0 Å². The van der Waals surface area contributed by atoms with Crippen LogP contribution in [0.4, 0.5) is 5.69 Å². The van der Waals surface area contributed by atoms with Crippen molar-refractivity contribution in [2.45, 2.75) is 51.5 Å². The normalized spacial score (nSPS) is 16.8. The van der Waals surface area contributed by atoms with Crippen LogP contribution < -0.4 is 10.6 Å². The number of nitrogens with zero attached hydrogens (tertiary/aromatic N) is 1. The number of nitrogens with one attached hydrogen (secondary N) is 2. The Kier molecular flexibility index (Phi) is 4.85. The summed E-state index contributed by atoms with van der Waals surface area (Å²) in [6.45, 7) is 4.29. The van der Waals surface area contributed by atoms with E-state index in [0.29, 0.717) is 0 Å². The molecule has 21 heavy (non-hydrogen) atoms. The Morgan fingerprint density at radius 1 is 1.29 bits per heavy atom. The molecule has 0 aromatic heterocycles. The smallest absolute Gasteiger partial charge is 0.240 e. The Labute approximate surface area is 126 Å². The van der Waals surface area contributed by atoms with Crippen LogP contribution in [-0.4, -0.2) is 18.0 Å². The van der Waals surface area contributed by atoms with E-state index in [2.05, 4.69) is 16.7 Å². The fourth-order valence-electron chi connectivity index (χ4n) is 2.85. The summed E-state index contributed by atoms with van der Waals surface area (Å²) in [5.41, 5.74) is 2.66. The Morgan fingerprint density at radius 3 is 2.67 bits per heavy atom. The summed E-state index contributed by atoms with van der Waals surface area (Å²) in [6, 6.07) is 8.30. The molecular weight excluding hydrogens is 262 g/mol. The second-order valence-corrected chi connectivity index (χ2v) is 5.90. The van der Waals surface area contributed by atoms with E-state index in [4.69, 9.17) is 0 Å². The van der Waals surface area contributed by atoms with Crippen LogP contribution in [0.15, 0.2) is 18.2 Å². The molecule has 4 nitrogen and oxygen atoms in total. The zero-order chi connectivity index (χ0) is 15.3. The number of hydrogen-bond donors (Lipinski definition) is 2. The van der Waals surface area contributed by atoms with E-state index in [1.165, 1.54) is 5.56 Å². The van der Waals surface area contributed by atoms with Crippen molar-refractivity contribution in [3.8, 4) is 6.07 Å². The third-order valence-electron chi connectivity index (χ3n) is 4.34. The molecule has 1 saturated carbocycles. The molecule has 1 aromatic rings. The fourth-order valence-corrected chi connectivity index (χ4v) is 2.85. The maximum absolute atomic E-state index is 12.1. The van der Waals surface area contributed by atoms with Crippen LogP contribution >= 0.6 is 0 Å². The molecule has 1 aliphatic rings. The minimum Gasteiger partial charge on any atom is -0.376 e. The molecule has 0 atom stereocenters. The van der Waals surface area contributed by atoms with E-state index >= 15 is 0 Å². The Hall–Kier alpha value is -2.02. The molecule has 2 rings (SSSR count). The van der Waals surface area contributed by atoms with Crippen LogP contribution in [0.1, 0.15) is 43.2 Å². The van der Waals surface area contributed by atoms with E-state index in [-0.39, 0.29) is 12.5 Å². The highest BCUT2D eigenvalue weighted by Crippen LogP contribution is 2.27. The summed E-state index contributed by atoms with van der Waals surface area (Å²) >= 11 is 0. The number of aryl methyl sites for hydroxylation is 1. The Bertz CT molecular complexity index is 554. The first-order valence-electron chi connectivity index (χ1n) is 7.59. The lowest BCUT2D eigenvalue weighted by molar-refractivity contribution is -0.121. The van der Waals surface area contributed by atoms with Crippen molar-refractivity contribution in [1.29, 1.82) is 5.26 Å². The van der Waals surface area contributed by atoms with E-state index in [1.54, 1.807) is 0 Å². The standard InChI is InChI=1S/C17H23N3O/c1-13-7-6-8-15(14(13)2)19-11-16(21)20-17(12-18)9-4-3-5-10-17/h6-8,19H,3-5,9-11H2,1-2H3,(H,20,21). The Balaban J connectivity index is 1.93. The maximum Gasteiger partial charge on any atom is 0.240 e. The van der Waals surface area contributed by atoms with Gasteiger partial charge in [0.25, 0.3) is 0 Å². The molecule has 0 radical (unpaired) electrons. The van der Waals surface area contributed by atoms with Crippen LogP contribution in [0, 0.1) is 25.2 Å². The van der Waals surface area contributed by atoms with E-state index in [9.17, 15) is 10.1 Å². The van der Waals surface area contributed by atoms with E-state index in [0.717, 1.165) is 43.4 Å². The van der Waals surface area contributed by atoms with Gasteiger partial charge >= 0.3 is 0 Å². The predicted molar refractivity (Wildman–Crippen MR) is 84.0 cm³/mol. The van der Waals surface area contributed by atoms with Crippen molar-refractivity contribution in [1.82, 2.24) is 5.32 Å². The van der Waals surface area contributed by atoms with Crippen molar-refractivity contribution in [2.75, 3.05) is 11.9 Å². The van der Waals surface area contributed by atoms with Crippen molar-refractivity contribution in [3.63, 3.8) is 0 Å². The third-order valence-corrected chi connectivity index (χ3v) is 4.34. The highest BCUT2D eigenvalue weighted by molar-refractivity contribution is 5.82. The molecular formula is C17H23N3O. The van der Waals surface area contributed by atoms with Gasteiger partial charge in [0, 0.05) is 5.69 Å². The molecule has 1 aromatic carbocycles. The minimum atomic E-state index is -0.654. The molecule has 1 aliphatic carbocycles. The third kappa shape index (κ3) is 3.75. The average Bonchev–Trinajstić information content (AvgIpc) is 2.50. The van der Waals surface area contributed by atoms with Crippen LogP contribution in [-0.2, 0) is 4.79 Å². The van der Waals surface area contributed by atoms with Crippen molar-refractivity contribution in [3.05, 3.63) is 29.3 Å². The second kappa shape index (κ2) is 6.62. The average molecular weight is 285 g/mol. The number of rotatable bonds is 4. The quantitative estimate of drug-likeness (QED) is 0.893. The van der Waals surface area contributed by atoms with Crippen molar-refractivity contribution >= 4 is 11.6 Å². The maximum atomic E-state index is 12.1. The topological polar surface area (TPSA) is 64.9 Å². The van der Waals surface area contributed by atoms with Gasteiger partial charge in [-0.2, -0.15) is 5.26 Å². The fraction of sp³-hybridized carbons (Fsp3) is 0.529. The molecule has 0 unspecified atom stereocenters. The zero-order valence-electron chi connectivity index (χ0n) is 12.8. The van der Waals surface area contributed by atoms with Crippen LogP contribution in [0.5, 0.6) is 0 Å². The van der Waals surface area contributed by atoms with E-state index < -0.39 is 5.54 Å². The lowest BCUT2D eigenvalue weighted by Crippen LogP contribution is -2.50.